The highest BCUT2D eigenvalue weighted by atomic mass is 19.1. The van der Waals surface area contributed by atoms with E-state index >= 15 is 0 Å². The monoisotopic (exact) mass is 283 g/mol. The van der Waals surface area contributed by atoms with E-state index in [1.54, 1.807) is 0 Å². The molecule has 1 atom stereocenters. The molecule has 5 nitrogen and oxygen atoms in total. The smallest absolute Gasteiger partial charge is 0.221 e. The predicted octanol–water partition coefficient (Wildman–Crippen LogP) is 2.13. The number of carbonyl (C=O) groups excluding carboxylic acids is 1. The van der Waals surface area contributed by atoms with Gasteiger partial charge in [0.25, 0.3) is 0 Å². The zero-order valence-corrected chi connectivity index (χ0v) is 12.1. The molecule has 1 aromatic rings. The maximum absolute atomic E-state index is 13.7. The third kappa shape index (κ3) is 4.60. The summed E-state index contributed by atoms with van der Waals surface area (Å²) in [5, 5.41) is 5.71. The Morgan fingerprint density at radius 2 is 2.20 bits per heavy atom. The van der Waals surface area contributed by atoms with E-state index in [1.807, 2.05) is 13.8 Å². The van der Waals surface area contributed by atoms with Crippen molar-refractivity contribution in [3.05, 3.63) is 17.9 Å². The number of anilines is 2. The van der Waals surface area contributed by atoms with Gasteiger partial charge in [0.2, 0.25) is 5.91 Å². The summed E-state index contributed by atoms with van der Waals surface area (Å²) in [6.45, 7) is 4.28. The average Bonchev–Trinajstić information content (AvgIpc) is 2.41. The van der Waals surface area contributed by atoms with Gasteiger partial charge in [0.15, 0.2) is 0 Å². The molecule has 0 aliphatic carbocycles. The van der Waals surface area contributed by atoms with E-state index in [2.05, 4.69) is 10.6 Å². The minimum absolute atomic E-state index is 0.0605. The summed E-state index contributed by atoms with van der Waals surface area (Å²) >= 11 is 0. The fourth-order valence-corrected chi connectivity index (χ4v) is 1.64. The van der Waals surface area contributed by atoms with Gasteiger partial charge in [-0.2, -0.15) is 0 Å². The molecule has 0 saturated carbocycles. The van der Waals surface area contributed by atoms with Crippen molar-refractivity contribution in [3.63, 3.8) is 0 Å². The van der Waals surface area contributed by atoms with Crippen molar-refractivity contribution < 1.29 is 13.9 Å². The molecule has 0 aliphatic heterocycles. The molecule has 1 aromatic carbocycles. The van der Waals surface area contributed by atoms with Crippen LogP contribution in [0.4, 0.5) is 15.8 Å². The second-order valence-electron chi connectivity index (χ2n) is 4.63. The van der Waals surface area contributed by atoms with Crippen molar-refractivity contribution in [3.8, 4) is 5.75 Å². The summed E-state index contributed by atoms with van der Waals surface area (Å²) in [4.78, 5) is 11.6. The van der Waals surface area contributed by atoms with Gasteiger partial charge in [-0.15, -0.1) is 0 Å². The number of benzene rings is 1. The Kier molecular flexibility index (Phi) is 6.09. The summed E-state index contributed by atoms with van der Waals surface area (Å²) in [6.07, 6.45) is 1.15. The van der Waals surface area contributed by atoms with E-state index in [4.69, 9.17) is 10.5 Å². The summed E-state index contributed by atoms with van der Waals surface area (Å²) < 4.78 is 18.7. The Balaban J connectivity index is 2.52. The zero-order chi connectivity index (χ0) is 15.1. The quantitative estimate of drug-likeness (QED) is 0.670. The van der Waals surface area contributed by atoms with Crippen LogP contribution in [0.5, 0.6) is 5.75 Å². The predicted molar refractivity (Wildman–Crippen MR) is 78.4 cm³/mol. The minimum atomic E-state index is -0.467. The number of hydrogen-bond donors (Lipinski definition) is 3. The number of rotatable bonds is 7. The standard InChI is InChI=1S/C14H22FN3O2/c1-4-9(2)18-14(19)5-6-17-12-8-13(20-3)11(16)7-10(12)15/h7-9,17H,4-6,16H2,1-3H3,(H,18,19). The van der Waals surface area contributed by atoms with E-state index in [1.165, 1.54) is 19.2 Å². The highest BCUT2D eigenvalue weighted by Gasteiger charge is 2.09. The lowest BCUT2D eigenvalue weighted by molar-refractivity contribution is -0.121. The van der Waals surface area contributed by atoms with Gasteiger partial charge in [-0.25, -0.2) is 4.39 Å². The van der Waals surface area contributed by atoms with Crippen LogP contribution in [0.3, 0.4) is 0 Å². The fraction of sp³-hybridized carbons (Fsp3) is 0.500. The van der Waals surface area contributed by atoms with Gasteiger partial charge in [0.05, 0.1) is 18.5 Å². The lowest BCUT2D eigenvalue weighted by Crippen LogP contribution is -2.33. The van der Waals surface area contributed by atoms with Crippen molar-refractivity contribution in [2.24, 2.45) is 0 Å². The van der Waals surface area contributed by atoms with Crippen molar-refractivity contribution in [2.75, 3.05) is 24.7 Å². The van der Waals surface area contributed by atoms with Crippen molar-refractivity contribution in [1.29, 1.82) is 0 Å². The summed E-state index contributed by atoms with van der Waals surface area (Å²) in [5.74, 6) is -0.127. The van der Waals surface area contributed by atoms with E-state index in [-0.39, 0.29) is 29.7 Å². The molecule has 112 valence electrons. The van der Waals surface area contributed by atoms with Crippen LogP contribution in [0.15, 0.2) is 12.1 Å². The number of halogens is 1. The highest BCUT2D eigenvalue weighted by molar-refractivity contribution is 5.76. The van der Waals surface area contributed by atoms with E-state index in [0.717, 1.165) is 6.42 Å². The van der Waals surface area contributed by atoms with Crippen LogP contribution in [0.1, 0.15) is 26.7 Å². The van der Waals surface area contributed by atoms with Crippen molar-refractivity contribution in [1.82, 2.24) is 5.32 Å². The van der Waals surface area contributed by atoms with Gasteiger partial charge in [-0.05, 0) is 13.3 Å². The maximum atomic E-state index is 13.7. The third-order valence-electron chi connectivity index (χ3n) is 3.01. The molecule has 4 N–H and O–H groups in total. The summed E-state index contributed by atoms with van der Waals surface area (Å²) in [5.41, 5.74) is 6.10. The third-order valence-corrected chi connectivity index (χ3v) is 3.01. The summed E-state index contributed by atoms with van der Waals surface area (Å²) in [6, 6.07) is 2.83. The van der Waals surface area contributed by atoms with Crippen LogP contribution in [-0.2, 0) is 4.79 Å². The largest absolute Gasteiger partial charge is 0.495 e. The molecule has 0 heterocycles. The molecule has 0 radical (unpaired) electrons. The Bertz CT molecular complexity index is 466. The Hall–Kier alpha value is -1.98. The van der Waals surface area contributed by atoms with Gasteiger partial charge >= 0.3 is 0 Å². The van der Waals surface area contributed by atoms with Crippen LogP contribution in [0.2, 0.25) is 0 Å². The van der Waals surface area contributed by atoms with Gasteiger partial charge in [0.1, 0.15) is 11.6 Å². The first-order valence-electron chi connectivity index (χ1n) is 6.64. The number of nitrogens with one attached hydrogen (secondary N) is 2. The zero-order valence-electron chi connectivity index (χ0n) is 12.1. The lowest BCUT2D eigenvalue weighted by Gasteiger charge is -2.13. The second-order valence-corrected chi connectivity index (χ2v) is 4.63. The second kappa shape index (κ2) is 7.57. The van der Waals surface area contributed by atoms with E-state index in [9.17, 15) is 9.18 Å². The van der Waals surface area contributed by atoms with Crippen LogP contribution in [0.25, 0.3) is 0 Å². The normalized spacial score (nSPS) is 11.8. The van der Waals surface area contributed by atoms with Gasteiger partial charge in [-0.3, -0.25) is 4.79 Å². The van der Waals surface area contributed by atoms with Gasteiger partial charge < -0.3 is 21.1 Å². The Morgan fingerprint density at radius 3 is 2.80 bits per heavy atom. The van der Waals surface area contributed by atoms with E-state index < -0.39 is 5.82 Å². The fourth-order valence-electron chi connectivity index (χ4n) is 1.64. The molecule has 6 heteroatoms. The Labute approximate surface area is 118 Å². The number of carbonyl (C=O) groups is 1. The number of hydrogen-bond acceptors (Lipinski definition) is 4. The number of methoxy groups -OCH3 is 1. The first-order chi connectivity index (χ1) is 9.47. The average molecular weight is 283 g/mol. The maximum Gasteiger partial charge on any atom is 0.221 e. The van der Waals surface area contributed by atoms with Gasteiger partial charge in [0, 0.05) is 31.1 Å². The van der Waals surface area contributed by atoms with Gasteiger partial charge in [-0.1, -0.05) is 6.92 Å². The molecule has 1 rings (SSSR count). The molecular weight excluding hydrogens is 261 g/mol. The van der Waals surface area contributed by atoms with Crippen LogP contribution >= 0.6 is 0 Å². The first kappa shape index (κ1) is 16.1. The van der Waals surface area contributed by atoms with Crippen molar-refractivity contribution >= 4 is 17.3 Å². The molecule has 0 saturated heterocycles. The first-order valence-corrected chi connectivity index (χ1v) is 6.64. The minimum Gasteiger partial charge on any atom is -0.495 e. The molecule has 0 bridgehead atoms. The van der Waals surface area contributed by atoms with Crippen LogP contribution in [-0.4, -0.2) is 25.6 Å². The number of nitrogen functional groups attached to an aromatic ring is 1. The summed E-state index contributed by atoms with van der Waals surface area (Å²) in [7, 11) is 1.47. The number of ether oxygens (including phenoxy) is 1. The highest BCUT2D eigenvalue weighted by Crippen LogP contribution is 2.28. The SMILES string of the molecule is CCC(C)NC(=O)CCNc1cc(OC)c(N)cc1F. The van der Waals surface area contributed by atoms with E-state index in [0.29, 0.717) is 12.3 Å². The lowest BCUT2D eigenvalue weighted by atomic mass is 10.2. The molecular formula is C14H22FN3O2. The topological polar surface area (TPSA) is 76.4 Å². The molecule has 0 fully saturated rings. The Morgan fingerprint density at radius 1 is 1.50 bits per heavy atom. The molecule has 0 aromatic heterocycles. The van der Waals surface area contributed by atoms with Crippen LogP contribution in [0, 0.1) is 5.82 Å². The van der Waals surface area contributed by atoms with Crippen molar-refractivity contribution in [2.45, 2.75) is 32.7 Å². The molecule has 0 aliphatic rings. The number of amides is 1. The molecule has 1 amide bonds. The number of nitrogens with two attached hydrogens (primary N) is 1. The van der Waals surface area contributed by atoms with Crippen LogP contribution < -0.4 is 21.1 Å². The molecule has 20 heavy (non-hydrogen) atoms. The molecule has 0 spiro atoms. The molecule has 1 unspecified atom stereocenters.